The zero-order valence-electron chi connectivity index (χ0n) is 12.4. The highest BCUT2D eigenvalue weighted by atomic mass is 19.1. The molecule has 0 spiro atoms. The van der Waals surface area contributed by atoms with Crippen molar-refractivity contribution in [1.29, 1.82) is 0 Å². The van der Waals surface area contributed by atoms with Crippen LogP contribution in [-0.2, 0) is 0 Å². The number of aliphatic hydroxyl groups excluding tert-OH is 1. The first-order valence-corrected chi connectivity index (χ1v) is 7.12. The zero-order chi connectivity index (χ0) is 16.5. The van der Waals surface area contributed by atoms with E-state index in [1.165, 1.54) is 18.2 Å². The van der Waals surface area contributed by atoms with Gasteiger partial charge in [-0.1, -0.05) is 18.2 Å². The van der Waals surface area contributed by atoms with Crippen molar-refractivity contribution >= 4 is 12.0 Å². The number of carbonyl (C=O) groups is 1. The summed E-state index contributed by atoms with van der Waals surface area (Å²) >= 11 is 0. The summed E-state index contributed by atoms with van der Waals surface area (Å²) in [6, 6.07) is 7.15. The van der Waals surface area contributed by atoms with Crippen LogP contribution in [-0.4, -0.2) is 40.7 Å². The Morgan fingerprint density at radius 3 is 2.61 bits per heavy atom. The van der Waals surface area contributed by atoms with Crippen molar-refractivity contribution in [2.45, 2.75) is 6.10 Å². The summed E-state index contributed by atoms with van der Waals surface area (Å²) in [5, 5.41) is 17.9. The van der Waals surface area contributed by atoms with Gasteiger partial charge >= 0.3 is 6.03 Å². The van der Waals surface area contributed by atoms with Crippen LogP contribution < -0.4 is 16.0 Å². The van der Waals surface area contributed by atoms with Gasteiger partial charge < -0.3 is 21.1 Å². The van der Waals surface area contributed by atoms with E-state index in [0.717, 1.165) is 0 Å². The molecule has 4 N–H and O–H groups in total. The number of hydrogen-bond acceptors (Lipinski definition) is 5. The van der Waals surface area contributed by atoms with Crippen molar-refractivity contribution in [1.82, 2.24) is 20.6 Å². The third-order valence-corrected chi connectivity index (χ3v) is 2.98. The van der Waals surface area contributed by atoms with Gasteiger partial charge in [-0.05, 0) is 12.1 Å². The lowest BCUT2D eigenvalue weighted by molar-refractivity contribution is 0.169. The number of hydrogen-bond donors (Lipinski definition) is 4. The minimum Gasteiger partial charge on any atom is -0.386 e. The number of nitrogens with one attached hydrogen (secondary N) is 3. The molecule has 1 aromatic carbocycles. The predicted molar refractivity (Wildman–Crippen MR) is 83.3 cm³/mol. The summed E-state index contributed by atoms with van der Waals surface area (Å²) in [5.41, 5.74) is 0.149. The number of halogens is 1. The van der Waals surface area contributed by atoms with Gasteiger partial charge in [0.05, 0.1) is 6.10 Å². The molecule has 0 saturated carbocycles. The molecule has 0 aliphatic heterocycles. The molecule has 2 rings (SSSR count). The number of aromatic nitrogens is 2. The Morgan fingerprint density at radius 2 is 1.87 bits per heavy atom. The second-order valence-corrected chi connectivity index (χ2v) is 4.67. The highest BCUT2D eigenvalue weighted by Gasteiger charge is 2.12. The predicted octanol–water partition coefficient (Wildman–Crippen LogP) is 1.06. The van der Waals surface area contributed by atoms with Crippen LogP contribution in [0.3, 0.4) is 0 Å². The van der Waals surface area contributed by atoms with E-state index >= 15 is 0 Å². The summed E-state index contributed by atoms with van der Waals surface area (Å²) in [4.78, 5) is 19.5. The van der Waals surface area contributed by atoms with E-state index in [1.807, 2.05) is 0 Å². The monoisotopic (exact) mass is 319 g/mol. The molecule has 2 aromatic rings. The minimum atomic E-state index is -1.10. The van der Waals surface area contributed by atoms with Crippen LogP contribution in [0.15, 0.2) is 42.7 Å². The number of urea groups is 1. The van der Waals surface area contributed by atoms with Gasteiger partial charge in [-0.3, -0.25) is 0 Å². The van der Waals surface area contributed by atoms with Crippen LogP contribution in [0.4, 0.5) is 15.1 Å². The van der Waals surface area contributed by atoms with Gasteiger partial charge in [0.1, 0.15) is 5.82 Å². The summed E-state index contributed by atoms with van der Waals surface area (Å²) < 4.78 is 13.5. The second-order valence-electron chi connectivity index (χ2n) is 4.67. The van der Waals surface area contributed by atoms with Crippen LogP contribution in [0, 0.1) is 5.82 Å². The van der Waals surface area contributed by atoms with Crippen molar-refractivity contribution in [3.05, 3.63) is 54.1 Å². The molecular weight excluding hydrogens is 301 g/mol. The normalized spacial score (nSPS) is 11.6. The highest BCUT2D eigenvalue weighted by molar-refractivity contribution is 5.73. The van der Waals surface area contributed by atoms with Gasteiger partial charge in [0.2, 0.25) is 5.95 Å². The first-order valence-electron chi connectivity index (χ1n) is 7.12. The molecule has 1 heterocycles. The van der Waals surface area contributed by atoms with E-state index in [-0.39, 0.29) is 12.1 Å². The Kier molecular flexibility index (Phi) is 6.25. The van der Waals surface area contributed by atoms with E-state index in [9.17, 15) is 14.3 Å². The molecule has 0 aliphatic rings. The number of rotatable bonds is 7. The maximum atomic E-state index is 13.5. The smallest absolute Gasteiger partial charge is 0.314 e. The molecule has 0 bridgehead atoms. The highest BCUT2D eigenvalue weighted by Crippen LogP contribution is 2.15. The van der Waals surface area contributed by atoms with Gasteiger partial charge in [-0.15, -0.1) is 0 Å². The Balaban J connectivity index is 1.64. The standard InChI is InChI=1S/C15H18FN5O2/c16-12-5-2-1-4-11(12)13(22)10-21-15(23)20-9-8-19-14-17-6-3-7-18-14/h1-7,13,22H,8-10H2,(H,17,18,19)(H2,20,21,23)/t13-/m0/s1. The fourth-order valence-corrected chi connectivity index (χ4v) is 1.85. The summed E-state index contributed by atoms with van der Waals surface area (Å²) in [6.07, 6.45) is 2.12. The van der Waals surface area contributed by atoms with E-state index in [2.05, 4.69) is 25.9 Å². The zero-order valence-corrected chi connectivity index (χ0v) is 12.4. The fourth-order valence-electron chi connectivity index (χ4n) is 1.85. The summed E-state index contributed by atoms with van der Waals surface area (Å²) in [5.74, 6) is -0.0287. The number of amides is 2. The Bertz CT molecular complexity index is 626. The van der Waals surface area contributed by atoms with Crippen molar-refractivity contribution in [3.8, 4) is 0 Å². The molecular formula is C15H18FN5O2. The molecule has 0 fully saturated rings. The summed E-state index contributed by atoms with van der Waals surface area (Å²) in [6.45, 7) is 0.717. The largest absolute Gasteiger partial charge is 0.386 e. The second kappa shape index (κ2) is 8.64. The van der Waals surface area contributed by atoms with Gasteiger partial charge in [-0.25, -0.2) is 19.2 Å². The first kappa shape index (κ1) is 16.6. The Labute approximate surface area is 133 Å². The molecule has 122 valence electrons. The molecule has 7 nitrogen and oxygen atoms in total. The van der Waals surface area contributed by atoms with E-state index in [4.69, 9.17) is 0 Å². The maximum Gasteiger partial charge on any atom is 0.314 e. The number of carbonyl (C=O) groups excluding carboxylic acids is 1. The molecule has 1 aromatic heterocycles. The van der Waals surface area contributed by atoms with Gasteiger partial charge in [0.15, 0.2) is 0 Å². The van der Waals surface area contributed by atoms with Crippen LogP contribution in [0.1, 0.15) is 11.7 Å². The Hall–Kier alpha value is -2.74. The van der Waals surface area contributed by atoms with Gasteiger partial charge in [-0.2, -0.15) is 0 Å². The van der Waals surface area contributed by atoms with E-state index < -0.39 is 18.0 Å². The lowest BCUT2D eigenvalue weighted by atomic mass is 10.1. The third kappa shape index (κ3) is 5.51. The van der Waals surface area contributed by atoms with Crippen LogP contribution >= 0.6 is 0 Å². The average molecular weight is 319 g/mol. The molecule has 1 atom stereocenters. The Morgan fingerprint density at radius 1 is 1.13 bits per heavy atom. The van der Waals surface area contributed by atoms with Crippen LogP contribution in [0.25, 0.3) is 0 Å². The van der Waals surface area contributed by atoms with Crippen LogP contribution in [0.2, 0.25) is 0 Å². The minimum absolute atomic E-state index is 0.0814. The molecule has 8 heteroatoms. The van der Waals surface area contributed by atoms with Crippen molar-refractivity contribution < 1.29 is 14.3 Å². The number of anilines is 1. The SMILES string of the molecule is O=C(NCCNc1ncccn1)NC[C@H](O)c1ccccc1F. The third-order valence-electron chi connectivity index (χ3n) is 2.98. The first-order chi connectivity index (χ1) is 11.2. The fraction of sp³-hybridized carbons (Fsp3) is 0.267. The van der Waals surface area contributed by atoms with Gasteiger partial charge in [0, 0.05) is 37.6 Å². The lowest BCUT2D eigenvalue weighted by Crippen LogP contribution is -2.40. The van der Waals surface area contributed by atoms with Gasteiger partial charge in [0.25, 0.3) is 0 Å². The van der Waals surface area contributed by atoms with E-state index in [1.54, 1.807) is 24.5 Å². The quantitative estimate of drug-likeness (QED) is 0.572. The van der Waals surface area contributed by atoms with Crippen LogP contribution in [0.5, 0.6) is 0 Å². The molecule has 0 unspecified atom stereocenters. The molecule has 0 radical (unpaired) electrons. The van der Waals surface area contributed by atoms with Crippen molar-refractivity contribution in [3.63, 3.8) is 0 Å². The lowest BCUT2D eigenvalue weighted by Gasteiger charge is -2.13. The summed E-state index contributed by atoms with van der Waals surface area (Å²) in [7, 11) is 0. The number of nitrogens with zero attached hydrogens (tertiary/aromatic N) is 2. The average Bonchev–Trinajstić information content (AvgIpc) is 2.58. The molecule has 0 saturated heterocycles. The van der Waals surface area contributed by atoms with E-state index in [0.29, 0.717) is 19.0 Å². The molecule has 23 heavy (non-hydrogen) atoms. The van der Waals surface area contributed by atoms with Crippen molar-refractivity contribution in [2.24, 2.45) is 0 Å². The topological polar surface area (TPSA) is 99.2 Å². The number of benzene rings is 1. The van der Waals surface area contributed by atoms with Crippen molar-refractivity contribution in [2.75, 3.05) is 25.0 Å². The number of aliphatic hydroxyl groups is 1. The molecule has 0 aliphatic carbocycles. The maximum absolute atomic E-state index is 13.5. The molecule has 2 amide bonds.